The van der Waals surface area contributed by atoms with Gasteiger partial charge in [-0.25, -0.2) is 13.2 Å². The van der Waals surface area contributed by atoms with Gasteiger partial charge in [0.15, 0.2) is 0 Å². The zero-order valence-corrected chi connectivity index (χ0v) is 18.5. The van der Waals surface area contributed by atoms with Gasteiger partial charge in [-0.05, 0) is 30.2 Å². The molecule has 3 amide bonds. The number of hydrogen-bond donors (Lipinski definition) is 2. The monoisotopic (exact) mass is 444 g/mol. The molecule has 1 unspecified atom stereocenters. The molecule has 2 aromatic carbocycles. The van der Waals surface area contributed by atoms with Crippen LogP contribution >= 0.6 is 0 Å². The standard InChI is InChI=1S/C22H28N4O4S/c1-17(2)20(24-31(29,30)19-11-7-4-8-12-19)21(27)25-13-15-26(16-14-25)22(28)23-18-9-5-3-6-10-18/h3-12,17,20,24H,13-16H2,1-2H3,(H,23,28). The lowest BCUT2D eigenvalue weighted by molar-refractivity contribution is -0.135. The van der Waals surface area contributed by atoms with Crippen molar-refractivity contribution in [3.8, 4) is 0 Å². The highest BCUT2D eigenvalue weighted by molar-refractivity contribution is 7.89. The lowest BCUT2D eigenvalue weighted by Gasteiger charge is -2.37. The summed E-state index contributed by atoms with van der Waals surface area (Å²) < 4.78 is 28.0. The fourth-order valence-electron chi connectivity index (χ4n) is 3.36. The van der Waals surface area contributed by atoms with Gasteiger partial charge in [-0.15, -0.1) is 0 Å². The smallest absolute Gasteiger partial charge is 0.321 e. The molecule has 2 N–H and O–H groups in total. The molecule has 1 atom stereocenters. The number of carbonyl (C=O) groups excluding carboxylic acids is 2. The molecule has 31 heavy (non-hydrogen) atoms. The molecule has 2 aromatic rings. The minimum absolute atomic E-state index is 0.121. The van der Waals surface area contributed by atoms with Gasteiger partial charge in [0.2, 0.25) is 15.9 Å². The summed E-state index contributed by atoms with van der Waals surface area (Å²) in [5, 5.41) is 2.84. The first-order valence-corrected chi connectivity index (χ1v) is 11.7. The van der Waals surface area contributed by atoms with E-state index in [1.165, 1.54) is 12.1 Å². The maximum absolute atomic E-state index is 13.1. The van der Waals surface area contributed by atoms with E-state index in [0.717, 1.165) is 0 Å². The number of carbonyl (C=O) groups is 2. The molecule has 8 nitrogen and oxygen atoms in total. The van der Waals surface area contributed by atoms with Crippen molar-refractivity contribution in [1.82, 2.24) is 14.5 Å². The number of rotatable bonds is 6. The Bertz CT molecular complexity index is 989. The van der Waals surface area contributed by atoms with Crippen LogP contribution < -0.4 is 10.0 Å². The van der Waals surface area contributed by atoms with Gasteiger partial charge >= 0.3 is 6.03 Å². The third kappa shape index (κ3) is 5.83. The van der Waals surface area contributed by atoms with Crippen LogP contribution in [-0.2, 0) is 14.8 Å². The Labute approximate surface area is 183 Å². The summed E-state index contributed by atoms with van der Waals surface area (Å²) in [5.74, 6) is -0.511. The van der Waals surface area contributed by atoms with E-state index in [9.17, 15) is 18.0 Å². The summed E-state index contributed by atoms with van der Waals surface area (Å²) in [6, 6.07) is 16.1. The molecule has 3 rings (SSSR count). The molecule has 1 aliphatic rings. The predicted octanol–water partition coefficient (Wildman–Crippen LogP) is 2.37. The second-order valence-electron chi connectivity index (χ2n) is 7.76. The van der Waals surface area contributed by atoms with E-state index in [4.69, 9.17) is 0 Å². The van der Waals surface area contributed by atoms with Crippen molar-refractivity contribution in [1.29, 1.82) is 0 Å². The highest BCUT2D eigenvalue weighted by atomic mass is 32.2. The average molecular weight is 445 g/mol. The number of sulfonamides is 1. The van der Waals surface area contributed by atoms with Crippen LogP contribution in [0.1, 0.15) is 13.8 Å². The Balaban J connectivity index is 1.60. The van der Waals surface area contributed by atoms with Crippen molar-refractivity contribution in [2.24, 2.45) is 5.92 Å². The fourth-order valence-corrected chi connectivity index (χ4v) is 4.72. The molecule has 166 valence electrons. The molecule has 0 saturated carbocycles. The molecule has 1 saturated heterocycles. The van der Waals surface area contributed by atoms with E-state index in [0.29, 0.717) is 31.9 Å². The number of para-hydroxylation sites is 1. The Morgan fingerprint density at radius 3 is 1.90 bits per heavy atom. The van der Waals surface area contributed by atoms with E-state index >= 15 is 0 Å². The molecule has 0 aromatic heterocycles. The minimum Gasteiger partial charge on any atom is -0.338 e. The number of piperazine rings is 1. The van der Waals surface area contributed by atoms with E-state index in [-0.39, 0.29) is 22.8 Å². The Morgan fingerprint density at radius 2 is 1.35 bits per heavy atom. The SMILES string of the molecule is CC(C)C(NS(=O)(=O)c1ccccc1)C(=O)N1CCN(C(=O)Nc2ccccc2)CC1. The average Bonchev–Trinajstić information content (AvgIpc) is 2.78. The summed E-state index contributed by atoms with van der Waals surface area (Å²) in [4.78, 5) is 28.9. The Hall–Kier alpha value is -2.91. The summed E-state index contributed by atoms with van der Waals surface area (Å²) in [5.41, 5.74) is 0.709. The largest absolute Gasteiger partial charge is 0.338 e. The quantitative estimate of drug-likeness (QED) is 0.715. The first-order chi connectivity index (χ1) is 14.8. The summed E-state index contributed by atoms with van der Waals surface area (Å²) in [6.45, 7) is 5.05. The van der Waals surface area contributed by atoms with Crippen molar-refractivity contribution in [2.75, 3.05) is 31.5 Å². The van der Waals surface area contributed by atoms with Crippen molar-refractivity contribution in [2.45, 2.75) is 24.8 Å². The second-order valence-corrected chi connectivity index (χ2v) is 9.48. The number of hydrogen-bond acceptors (Lipinski definition) is 4. The van der Waals surface area contributed by atoms with Crippen molar-refractivity contribution in [3.63, 3.8) is 0 Å². The summed E-state index contributed by atoms with van der Waals surface area (Å²) in [7, 11) is -3.82. The molecule has 0 spiro atoms. The first-order valence-electron chi connectivity index (χ1n) is 10.2. The molecule has 0 bridgehead atoms. The van der Waals surface area contributed by atoms with Crippen molar-refractivity contribution < 1.29 is 18.0 Å². The van der Waals surface area contributed by atoms with Crippen LogP contribution in [0.4, 0.5) is 10.5 Å². The zero-order valence-electron chi connectivity index (χ0n) is 17.7. The number of nitrogens with zero attached hydrogens (tertiary/aromatic N) is 2. The Kier molecular flexibility index (Phi) is 7.29. The number of benzene rings is 2. The van der Waals surface area contributed by atoms with E-state index < -0.39 is 16.1 Å². The first kappa shape index (κ1) is 22.8. The third-order valence-corrected chi connectivity index (χ3v) is 6.63. The topological polar surface area (TPSA) is 98.8 Å². The third-order valence-electron chi connectivity index (χ3n) is 5.17. The van der Waals surface area contributed by atoms with Crippen LogP contribution in [0.5, 0.6) is 0 Å². The highest BCUT2D eigenvalue weighted by Gasteiger charge is 2.33. The van der Waals surface area contributed by atoms with Crippen molar-refractivity contribution in [3.05, 3.63) is 60.7 Å². The van der Waals surface area contributed by atoms with Crippen LogP contribution in [0, 0.1) is 5.92 Å². The summed E-state index contributed by atoms with van der Waals surface area (Å²) in [6.07, 6.45) is 0. The zero-order chi connectivity index (χ0) is 22.4. The second kappa shape index (κ2) is 9.93. The van der Waals surface area contributed by atoms with Crippen LogP contribution in [0.3, 0.4) is 0 Å². The van der Waals surface area contributed by atoms with E-state index in [1.807, 2.05) is 30.3 Å². The van der Waals surface area contributed by atoms with Crippen molar-refractivity contribution >= 4 is 27.6 Å². The predicted molar refractivity (Wildman–Crippen MR) is 119 cm³/mol. The summed E-state index contributed by atoms with van der Waals surface area (Å²) >= 11 is 0. The van der Waals surface area contributed by atoms with Gasteiger partial charge in [-0.3, -0.25) is 4.79 Å². The van der Waals surface area contributed by atoms with Crippen LogP contribution in [-0.4, -0.2) is 62.4 Å². The molecule has 0 aliphatic carbocycles. The van der Waals surface area contributed by atoms with E-state index in [1.54, 1.807) is 41.8 Å². The number of nitrogens with one attached hydrogen (secondary N) is 2. The van der Waals surface area contributed by atoms with Gasteiger partial charge in [0, 0.05) is 31.9 Å². The molecule has 1 fully saturated rings. The fraction of sp³-hybridized carbons (Fsp3) is 0.364. The van der Waals surface area contributed by atoms with Crippen LogP contribution in [0.25, 0.3) is 0 Å². The number of urea groups is 1. The van der Waals surface area contributed by atoms with Gasteiger partial charge in [-0.1, -0.05) is 50.2 Å². The van der Waals surface area contributed by atoms with Gasteiger partial charge < -0.3 is 15.1 Å². The van der Waals surface area contributed by atoms with Crippen LogP contribution in [0.2, 0.25) is 0 Å². The van der Waals surface area contributed by atoms with Gasteiger partial charge in [-0.2, -0.15) is 4.72 Å². The molecule has 9 heteroatoms. The van der Waals surface area contributed by atoms with Gasteiger partial charge in [0.25, 0.3) is 0 Å². The van der Waals surface area contributed by atoms with Gasteiger partial charge in [0.1, 0.15) is 6.04 Å². The molecule has 1 aliphatic heterocycles. The number of amides is 3. The molecule has 0 radical (unpaired) electrons. The van der Waals surface area contributed by atoms with Gasteiger partial charge in [0.05, 0.1) is 4.90 Å². The maximum atomic E-state index is 13.1. The Morgan fingerprint density at radius 1 is 0.839 bits per heavy atom. The number of anilines is 1. The lowest BCUT2D eigenvalue weighted by Crippen LogP contribution is -2.57. The van der Waals surface area contributed by atoms with Crippen LogP contribution in [0.15, 0.2) is 65.6 Å². The van der Waals surface area contributed by atoms with E-state index in [2.05, 4.69) is 10.0 Å². The molecular weight excluding hydrogens is 416 g/mol. The minimum atomic E-state index is -3.82. The lowest BCUT2D eigenvalue weighted by atomic mass is 10.0. The maximum Gasteiger partial charge on any atom is 0.321 e. The normalized spacial score (nSPS) is 15.6. The highest BCUT2D eigenvalue weighted by Crippen LogP contribution is 2.15. The molecule has 1 heterocycles. The molecular formula is C22H28N4O4S.